The molecule has 2 N–H and O–H groups in total. The van der Waals surface area contributed by atoms with Gasteiger partial charge in [0.05, 0.1) is 6.10 Å². The molecule has 15 heavy (non-hydrogen) atoms. The molecule has 0 saturated carbocycles. The molecule has 0 aliphatic rings. The van der Waals surface area contributed by atoms with Crippen LogP contribution in [0.1, 0.15) is 65.2 Å². The number of unbranched alkanes of at least 4 members (excludes halogenated alkanes) is 6. The Hall–Kier alpha value is -0.0800. The van der Waals surface area contributed by atoms with Gasteiger partial charge in [-0.05, 0) is 19.4 Å². The maximum absolute atomic E-state index is 9.30. The van der Waals surface area contributed by atoms with Crippen molar-refractivity contribution in [3.8, 4) is 0 Å². The second-order valence-corrected chi connectivity index (χ2v) is 4.39. The SMILES string of the molecule is CCCCCCCCCNCC(O)CC. The Bertz CT molecular complexity index is 117. The third-order valence-electron chi connectivity index (χ3n) is 2.81. The minimum atomic E-state index is -0.158. The van der Waals surface area contributed by atoms with Gasteiger partial charge in [-0.15, -0.1) is 0 Å². The van der Waals surface area contributed by atoms with Crippen molar-refractivity contribution in [2.45, 2.75) is 71.3 Å². The standard InChI is InChI=1S/C13H29NO/c1-3-5-6-7-8-9-10-11-14-12-13(15)4-2/h13-15H,3-12H2,1-2H3. The quantitative estimate of drug-likeness (QED) is 0.519. The van der Waals surface area contributed by atoms with Gasteiger partial charge in [0, 0.05) is 6.54 Å². The number of hydrogen-bond donors (Lipinski definition) is 2. The first-order chi connectivity index (χ1) is 7.31. The largest absolute Gasteiger partial charge is 0.392 e. The highest BCUT2D eigenvalue weighted by Crippen LogP contribution is 2.06. The summed E-state index contributed by atoms with van der Waals surface area (Å²) < 4.78 is 0. The molecule has 0 amide bonds. The molecule has 0 heterocycles. The van der Waals surface area contributed by atoms with Crippen LogP contribution in [0.5, 0.6) is 0 Å². The van der Waals surface area contributed by atoms with E-state index in [2.05, 4.69) is 12.2 Å². The molecule has 92 valence electrons. The molecule has 0 rings (SSSR count). The van der Waals surface area contributed by atoms with Gasteiger partial charge in [0.25, 0.3) is 0 Å². The zero-order valence-electron chi connectivity index (χ0n) is 10.6. The maximum Gasteiger partial charge on any atom is 0.0662 e. The number of nitrogens with one attached hydrogen (secondary N) is 1. The van der Waals surface area contributed by atoms with Gasteiger partial charge in [-0.25, -0.2) is 0 Å². The van der Waals surface area contributed by atoms with Gasteiger partial charge in [-0.3, -0.25) is 0 Å². The number of aliphatic hydroxyl groups is 1. The summed E-state index contributed by atoms with van der Waals surface area (Å²) in [6.45, 7) is 6.08. The monoisotopic (exact) mass is 215 g/mol. The average molecular weight is 215 g/mol. The van der Waals surface area contributed by atoms with Crippen LogP contribution in [-0.4, -0.2) is 24.3 Å². The average Bonchev–Trinajstić information content (AvgIpc) is 2.26. The number of rotatable bonds is 11. The van der Waals surface area contributed by atoms with Crippen molar-refractivity contribution in [3.05, 3.63) is 0 Å². The van der Waals surface area contributed by atoms with E-state index in [0.717, 1.165) is 19.5 Å². The van der Waals surface area contributed by atoms with Crippen LogP contribution in [0.4, 0.5) is 0 Å². The fraction of sp³-hybridized carbons (Fsp3) is 1.00. The fourth-order valence-corrected chi connectivity index (χ4v) is 1.62. The summed E-state index contributed by atoms with van der Waals surface area (Å²) in [5.41, 5.74) is 0. The van der Waals surface area contributed by atoms with E-state index in [1.54, 1.807) is 0 Å². The predicted molar refractivity (Wildman–Crippen MR) is 67.2 cm³/mol. The number of aliphatic hydroxyl groups excluding tert-OH is 1. The molecular weight excluding hydrogens is 186 g/mol. The molecule has 0 saturated heterocycles. The molecule has 0 aliphatic heterocycles. The van der Waals surface area contributed by atoms with Crippen molar-refractivity contribution >= 4 is 0 Å². The van der Waals surface area contributed by atoms with Gasteiger partial charge in [0.15, 0.2) is 0 Å². The molecule has 0 aromatic rings. The third kappa shape index (κ3) is 11.8. The Balaban J connectivity index is 2.92. The highest BCUT2D eigenvalue weighted by atomic mass is 16.3. The van der Waals surface area contributed by atoms with E-state index >= 15 is 0 Å². The Labute approximate surface area is 95.5 Å². The lowest BCUT2D eigenvalue weighted by Gasteiger charge is -2.08. The maximum atomic E-state index is 9.30. The van der Waals surface area contributed by atoms with Crippen molar-refractivity contribution in [1.29, 1.82) is 0 Å². The van der Waals surface area contributed by atoms with E-state index in [9.17, 15) is 5.11 Å². The summed E-state index contributed by atoms with van der Waals surface area (Å²) in [6, 6.07) is 0. The van der Waals surface area contributed by atoms with Crippen LogP contribution in [0.25, 0.3) is 0 Å². The van der Waals surface area contributed by atoms with Gasteiger partial charge < -0.3 is 10.4 Å². The zero-order chi connectivity index (χ0) is 11.4. The third-order valence-corrected chi connectivity index (χ3v) is 2.81. The summed E-state index contributed by atoms with van der Waals surface area (Å²) >= 11 is 0. The molecule has 0 bridgehead atoms. The van der Waals surface area contributed by atoms with Gasteiger partial charge in [0.2, 0.25) is 0 Å². The smallest absolute Gasteiger partial charge is 0.0662 e. The molecule has 2 heteroatoms. The summed E-state index contributed by atoms with van der Waals surface area (Å²) in [4.78, 5) is 0. The Kier molecular flexibility index (Phi) is 11.9. The van der Waals surface area contributed by atoms with E-state index in [-0.39, 0.29) is 6.10 Å². The highest BCUT2D eigenvalue weighted by molar-refractivity contribution is 4.56. The fourth-order valence-electron chi connectivity index (χ4n) is 1.62. The van der Waals surface area contributed by atoms with E-state index in [1.165, 1.54) is 44.9 Å². The minimum Gasteiger partial charge on any atom is -0.392 e. The minimum absolute atomic E-state index is 0.158. The molecule has 0 aliphatic carbocycles. The van der Waals surface area contributed by atoms with Crippen LogP contribution < -0.4 is 5.32 Å². The first kappa shape index (κ1) is 14.9. The summed E-state index contributed by atoms with van der Waals surface area (Å²) in [5.74, 6) is 0. The lowest BCUT2D eigenvalue weighted by atomic mass is 10.1. The molecule has 1 unspecified atom stereocenters. The van der Waals surface area contributed by atoms with Gasteiger partial charge in [-0.1, -0.05) is 52.4 Å². The van der Waals surface area contributed by atoms with Crippen LogP contribution in [0.2, 0.25) is 0 Å². The van der Waals surface area contributed by atoms with Crippen molar-refractivity contribution in [2.24, 2.45) is 0 Å². The Morgan fingerprint density at radius 3 is 2.13 bits per heavy atom. The van der Waals surface area contributed by atoms with Crippen LogP contribution in [0.15, 0.2) is 0 Å². The first-order valence-electron chi connectivity index (χ1n) is 6.70. The normalized spacial score (nSPS) is 13.0. The highest BCUT2D eigenvalue weighted by Gasteiger charge is 1.98. The van der Waals surface area contributed by atoms with E-state index in [0.29, 0.717) is 0 Å². The van der Waals surface area contributed by atoms with Gasteiger partial charge in [-0.2, -0.15) is 0 Å². The van der Waals surface area contributed by atoms with Crippen molar-refractivity contribution < 1.29 is 5.11 Å². The molecule has 1 atom stereocenters. The molecule has 0 aromatic carbocycles. The van der Waals surface area contributed by atoms with E-state index in [1.807, 2.05) is 6.92 Å². The van der Waals surface area contributed by atoms with Crippen LogP contribution in [0, 0.1) is 0 Å². The molecule has 0 fully saturated rings. The summed E-state index contributed by atoms with van der Waals surface area (Å²) in [5, 5.41) is 12.6. The van der Waals surface area contributed by atoms with Gasteiger partial charge >= 0.3 is 0 Å². The lowest BCUT2D eigenvalue weighted by molar-refractivity contribution is 0.167. The van der Waals surface area contributed by atoms with Crippen LogP contribution in [0.3, 0.4) is 0 Å². The summed E-state index contributed by atoms with van der Waals surface area (Å²) in [6.07, 6.45) is 10.2. The van der Waals surface area contributed by atoms with Crippen molar-refractivity contribution in [1.82, 2.24) is 5.32 Å². The first-order valence-corrected chi connectivity index (χ1v) is 6.70. The van der Waals surface area contributed by atoms with Crippen molar-refractivity contribution in [3.63, 3.8) is 0 Å². The topological polar surface area (TPSA) is 32.3 Å². The zero-order valence-corrected chi connectivity index (χ0v) is 10.6. The molecular formula is C13H29NO. The van der Waals surface area contributed by atoms with Gasteiger partial charge in [0.1, 0.15) is 0 Å². The predicted octanol–water partition coefficient (Wildman–Crippen LogP) is 3.10. The molecule has 0 aromatic heterocycles. The number of hydrogen-bond acceptors (Lipinski definition) is 2. The van der Waals surface area contributed by atoms with Crippen molar-refractivity contribution in [2.75, 3.05) is 13.1 Å². The Morgan fingerprint density at radius 2 is 1.53 bits per heavy atom. The van der Waals surface area contributed by atoms with E-state index in [4.69, 9.17) is 0 Å². The van der Waals surface area contributed by atoms with E-state index < -0.39 is 0 Å². The van der Waals surface area contributed by atoms with Crippen LogP contribution >= 0.6 is 0 Å². The molecule has 0 radical (unpaired) electrons. The Morgan fingerprint density at radius 1 is 0.933 bits per heavy atom. The lowest BCUT2D eigenvalue weighted by Crippen LogP contribution is -2.26. The van der Waals surface area contributed by atoms with Crippen LogP contribution in [-0.2, 0) is 0 Å². The molecule has 2 nitrogen and oxygen atoms in total. The molecule has 0 spiro atoms. The summed E-state index contributed by atoms with van der Waals surface area (Å²) in [7, 11) is 0. The second kappa shape index (κ2) is 12.0. The second-order valence-electron chi connectivity index (χ2n) is 4.39.